The zero-order valence-corrected chi connectivity index (χ0v) is 17.0. The maximum atomic E-state index is 12.6. The van der Waals surface area contributed by atoms with Crippen molar-refractivity contribution in [2.75, 3.05) is 6.54 Å². The number of rotatable bonds is 6. The lowest BCUT2D eigenvalue weighted by Crippen LogP contribution is -2.38. The van der Waals surface area contributed by atoms with Crippen LogP contribution in [0, 0.1) is 12.8 Å². The molecule has 1 aromatic heterocycles. The molecule has 0 saturated heterocycles. The van der Waals surface area contributed by atoms with Crippen LogP contribution < -0.4 is 5.32 Å². The van der Waals surface area contributed by atoms with E-state index < -0.39 is 12.1 Å². The van der Waals surface area contributed by atoms with Crippen LogP contribution in [0.2, 0.25) is 5.15 Å². The average molecular weight is 404 g/mol. The fourth-order valence-corrected chi connectivity index (χ4v) is 3.87. The van der Waals surface area contributed by atoms with Crippen molar-refractivity contribution >= 4 is 23.5 Å². The molecule has 0 radical (unpaired) electrons. The molecule has 1 heterocycles. The third-order valence-corrected chi connectivity index (χ3v) is 5.50. The van der Waals surface area contributed by atoms with Gasteiger partial charge in [0.05, 0.1) is 11.4 Å². The van der Waals surface area contributed by atoms with Crippen molar-refractivity contribution in [2.24, 2.45) is 5.92 Å². The van der Waals surface area contributed by atoms with Gasteiger partial charge in [0.15, 0.2) is 6.10 Å². The van der Waals surface area contributed by atoms with Gasteiger partial charge >= 0.3 is 5.97 Å². The molecule has 1 aliphatic carbocycles. The van der Waals surface area contributed by atoms with Gasteiger partial charge in [0.1, 0.15) is 10.7 Å². The number of hydrogen-bond donors (Lipinski definition) is 1. The van der Waals surface area contributed by atoms with E-state index in [0.29, 0.717) is 18.2 Å². The van der Waals surface area contributed by atoms with Crippen LogP contribution in [0.25, 0.3) is 5.69 Å². The van der Waals surface area contributed by atoms with Gasteiger partial charge in [0.25, 0.3) is 5.91 Å². The Morgan fingerprint density at radius 3 is 2.61 bits per heavy atom. The van der Waals surface area contributed by atoms with E-state index in [1.54, 1.807) is 13.8 Å². The second-order valence-corrected chi connectivity index (χ2v) is 7.65. The summed E-state index contributed by atoms with van der Waals surface area (Å²) in [5, 5.41) is 7.40. The topological polar surface area (TPSA) is 73.2 Å². The summed E-state index contributed by atoms with van der Waals surface area (Å²) in [5.74, 6) is -0.422. The summed E-state index contributed by atoms with van der Waals surface area (Å²) in [5.41, 5.74) is 1.37. The lowest BCUT2D eigenvalue weighted by atomic mass is 9.89. The molecule has 0 spiro atoms. The van der Waals surface area contributed by atoms with Crippen LogP contribution in [0.3, 0.4) is 0 Å². The molecule has 0 unspecified atom stereocenters. The van der Waals surface area contributed by atoms with Crippen molar-refractivity contribution in [3.8, 4) is 5.69 Å². The van der Waals surface area contributed by atoms with Crippen LogP contribution in [0.4, 0.5) is 0 Å². The molecule has 1 N–H and O–H groups in total. The fraction of sp³-hybridized carbons (Fsp3) is 0.476. The molecule has 150 valence electrons. The molecule has 0 aliphatic heterocycles. The number of carbonyl (C=O) groups is 2. The number of para-hydroxylation sites is 1. The van der Waals surface area contributed by atoms with E-state index in [0.717, 1.165) is 18.5 Å². The van der Waals surface area contributed by atoms with E-state index >= 15 is 0 Å². The maximum Gasteiger partial charge on any atom is 0.344 e. The molecule has 2 aromatic rings. The standard InChI is InChI=1S/C21H26ClN3O3/c1-14-18(19(22)25(24-14)17-11-7-4-8-12-17)21(27)28-15(2)20(26)23-13-16-9-5-3-6-10-16/h4,7-8,11-12,15-16H,3,5-6,9-10,13H2,1-2H3,(H,23,26)/t15-/m0/s1. The maximum absolute atomic E-state index is 12.6. The van der Waals surface area contributed by atoms with E-state index in [4.69, 9.17) is 16.3 Å². The number of hydrogen-bond acceptors (Lipinski definition) is 4. The number of halogens is 1. The van der Waals surface area contributed by atoms with E-state index in [1.807, 2.05) is 30.3 Å². The van der Waals surface area contributed by atoms with E-state index in [-0.39, 0.29) is 16.6 Å². The summed E-state index contributed by atoms with van der Waals surface area (Å²) >= 11 is 6.38. The summed E-state index contributed by atoms with van der Waals surface area (Å²) < 4.78 is 6.85. The van der Waals surface area contributed by atoms with Gasteiger partial charge in [-0.05, 0) is 44.7 Å². The molecular weight excluding hydrogens is 378 g/mol. The summed E-state index contributed by atoms with van der Waals surface area (Å²) in [6, 6.07) is 9.29. The van der Waals surface area contributed by atoms with E-state index in [1.165, 1.54) is 23.9 Å². The molecule has 28 heavy (non-hydrogen) atoms. The number of aryl methyl sites for hydroxylation is 1. The van der Waals surface area contributed by atoms with Crippen LogP contribution in [-0.2, 0) is 9.53 Å². The van der Waals surface area contributed by atoms with Gasteiger partial charge in [0.2, 0.25) is 0 Å². The smallest absolute Gasteiger partial charge is 0.344 e. The van der Waals surface area contributed by atoms with Crippen LogP contribution in [0.1, 0.15) is 55.1 Å². The van der Waals surface area contributed by atoms with Crippen molar-refractivity contribution in [3.05, 3.63) is 46.7 Å². The SMILES string of the molecule is Cc1nn(-c2ccccc2)c(Cl)c1C(=O)O[C@@H](C)C(=O)NCC1CCCCC1. The minimum atomic E-state index is -0.897. The van der Waals surface area contributed by atoms with Crippen LogP contribution >= 0.6 is 11.6 Å². The molecular formula is C21H26ClN3O3. The van der Waals surface area contributed by atoms with E-state index in [9.17, 15) is 9.59 Å². The fourth-order valence-electron chi connectivity index (χ4n) is 3.52. The van der Waals surface area contributed by atoms with Gasteiger partial charge in [-0.25, -0.2) is 9.48 Å². The number of aromatic nitrogens is 2. The first kappa shape index (κ1) is 20.4. The third kappa shape index (κ3) is 4.73. The molecule has 6 nitrogen and oxygen atoms in total. The second-order valence-electron chi connectivity index (χ2n) is 7.30. The highest BCUT2D eigenvalue weighted by Crippen LogP contribution is 2.25. The number of esters is 1. The van der Waals surface area contributed by atoms with Gasteiger partial charge in [0, 0.05) is 6.54 Å². The molecule has 0 bridgehead atoms. The summed E-state index contributed by atoms with van der Waals surface area (Å²) in [7, 11) is 0. The zero-order valence-electron chi connectivity index (χ0n) is 16.3. The molecule has 1 aromatic carbocycles. The minimum Gasteiger partial charge on any atom is -0.449 e. The van der Waals surface area contributed by atoms with Crippen molar-refractivity contribution in [2.45, 2.75) is 52.1 Å². The molecule has 7 heteroatoms. The molecule has 1 aliphatic rings. The number of carbonyl (C=O) groups excluding carboxylic acids is 2. The third-order valence-electron chi connectivity index (χ3n) is 5.15. The quantitative estimate of drug-likeness (QED) is 0.737. The highest BCUT2D eigenvalue weighted by atomic mass is 35.5. The van der Waals surface area contributed by atoms with Gasteiger partial charge in [-0.2, -0.15) is 5.10 Å². The number of amides is 1. The van der Waals surface area contributed by atoms with Crippen molar-refractivity contribution < 1.29 is 14.3 Å². The van der Waals surface area contributed by atoms with E-state index in [2.05, 4.69) is 10.4 Å². The lowest BCUT2D eigenvalue weighted by Gasteiger charge is -2.22. The van der Waals surface area contributed by atoms with Crippen LogP contribution in [-0.4, -0.2) is 34.3 Å². The van der Waals surface area contributed by atoms with Crippen molar-refractivity contribution in [3.63, 3.8) is 0 Å². The van der Waals surface area contributed by atoms with Gasteiger partial charge in [-0.3, -0.25) is 4.79 Å². The van der Waals surface area contributed by atoms with Crippen molar-refractivity contribution in [1.29, 1.82) is 0 Å². The predicted octanol–water partition coefficient (Wildman–Crippen LogP) is 4.08. The second kappa shape index (κ2) is 9.24. The highest BCUT2D eigenvalue weighted by Gasteiger charge is 2.26. The highest BCUT2D eigenvalue weighted by molar-refractivity contribution is 6.33. The van der Waals surface area contributed by atoms with Crippen LogP contribution in [0.5, 0.6) is 0 Å². The first-order valence-electron chi connectivity index (χ1n) is 9.76. The number of benzene rings is 1. The Kier molecular flexibility index (Phi) is 6.73. The Hall–Kier alpha value is -2.34. The summed E-state index contributed by atoms with van der Waals surface area (Å²) in [4.78, 5) is 24.9. The minimum absolute atomic E-state index is 0.170. The largest absolute Gasteiger partial charge is 0.449 e. The molecule has 1 atom stereocenters. The Labute approximate surface area is 170 Å². The predicted molar refractivity (Wildman–Crippen MR) is 108 cm³/mol. The Balaban J connectivity index is 1.62. The Morgan fingerprint density at radius 1 is 1.25 bits per heavy atom. The summed E-state index contributed by atoms with van der Waals surface area (Å²) in [6.45, 7) is 3.89. The average Bonchev–Trinajstić information content (AvgIpc) is 3.01. The first-order chi connectivity index (χ1) is 13.5. The van der Waals surface area contributed by atoms with Crippen molar-refractivity contribution in [1.82, 2.24) is 15.1 Å². The van der Waals surface area contributed by atoms with Crippen LogP contribution in [0.15, 0.2) is 30.3 Å². The number of ether oxygens (including phenoxy) is 1. The Bertz CT molecular complexity index is 829. The Morgan fingerprint density at radius 2 is 1.93 bits per heavy atom. The number of nitrogens with zero attached hydrogens (tertiary/aromatic N) is 2. The van der Waals surface area contributed by atoms with Gasteiger partial charge in [-0.1, -0.05) is 49.1 Å². The molecule has 1 amide bonds. The lowest BCUT2D eigenvalue weighted by molar-refractivity contribution is -0.129. The molecule has 1 saturated carbocycles. The normalized spacial score (nSPS) is 15.8. The number of nitrogens with one attached hydrogen (secondary N) is 1. The summed E-state index contributed by atoms with van der Waals surface area (Å²) in [6.07, 6.45) is 5.09. The monoisotopic (exact) mass is 403 g/mol. The zero-order chi connectivity index (χ0) is 20.1. The first-order valence-corrected chi connectivity index (χ1v) is 10.1. The molecule has 1 fully saturated rings. The van der Waals surface area contributed by atoms with Gasteiger partial charge in [-0.15, -0.1) is 0 Å². The van der Waals surface area contributed by atoms with Gasteiger partial charge < -0.3 is 10.1 Å². The molecule has 3 rings (SSSR count).